The standard InChI is InChI=1S/C14H20N4O3/c1-11(13(19)20)16(2)14(21)18-9-7-17(8-10-18)12-5-3-4-6-15-12/h3-6,11H,7-10H2,1-2H3,(H,19,20). The molecule has 2 rings (SSSR count). The van der Waals surface area contributed by atoms with Gasteiger partial charge < -0.3 is 19.8 Å². The molecule has 1 fully saturated rings. The lowest BCUT2D eigenvalue weighted by Crippen LogP contribution is -2.54. The number of piperazine rings is 1. The number of aliphatic carboxylic acids is 1. The van der Waals surface area contributed by atoms with Crippen LogP contribution in [0.2, 0.25) is 0 Å². The summed E-state index contributed by atoms with van der Waals surface area (Å²) >= 11 is 0. The molecule has 114 valence electrons. The summed E-state index contributed by atoms with van der Waals surface area (Å²) in [4.78, 5) is 32.5. The molecule has 1 saturated heterocycles. The molecule has 0 radical (unpaired) electrons. The normalized spacial score (nSPS) is 16.5. The number of pyridine rings is 1. The largest absolute Gasteiger partial charge is 0.480 e. The summed E-state index contributed by atoms with van der Waals surface area (Å²) in [5, 5.41) is 8.96. The number of carboxylic acids is 1. The molecule has 1 aromatic rings. The molecule has 0 bridgehead atoms. The molecule has 2 amide bonds. The van der Waals surface area contributed by atoms with Gasteiger partial charge in [-0.2, -0.15) is 0 Å². The van der Waals surface area contributed by atoms with Gasteiger partial charge in [0.2, 0.25) is 0 Å². The van der Waals surface area contributed by atoms with E-state index in [4.69, 9.17) is 5.11 Å². The van der Waals surface area contributed by atoms with E-state index in [0.29, 0.717) is 26.2 Å². The number of hydrogen-bond donors (Lipinski definition) is 1. The molecule has 1 atom stereocenters. The molecule has 1 N–H and O–H groups in total. The lowest BCUT2D eigenvalue weighted by Gasteiger charge is -2.37. The minimum Gasteiger partial charge on any atom is -0.480 e. The van der Waals surface area contributed by atoms with Gasteiger partial charge in [-0.1, -0.05) is 6.07 Å². The van der Waals surface area contributed by atoms with Crippen molar-refractivity contribution < 1.29 is 14.7 Å². The van der Waals surface area contributed by atoms with Crippen molar-refractivity contribution in [1.82, 2.24) is 14.8 Å². The summed E-state index contributed by atoms with van der Waals surface area (Å²) in [6, 6.07) is 4.67. The Labute approximate surface area is 123 Å². The molecular formula is C14H20N4O3. The first kappa shape index (κ1) is 15.1. The number of hydrogen-bond acceptors (Lipinski definition) is 4. The van der Waals surface area contributed by atoms with Gasteiger partial charge in [0.15, 0.2) is 0 Å². The number of carboxylic acid groups (broad SMARTS) is 1. The molecule has 0 saturated carbocycles. The Morgan fingerprint density at radius 2 is 1.95 bits per heavy atom. The van der Waals surface area contributed by atoms with E-state index in [1.807, 2.05) is 18.2 Å². The Bertz CT molecular complexity index is 500. The van der Waals surface area contributed by atoms with E-state index >= 15 is 0 Å². The van der Waals surface area contributed by atoms with Crippen LogP contribution in [0.25, 0.3) is 0 Å². The van der Waals surface area contributed by atoms with Gasteiger partial charge in [-0.25, -0.2) is 14.6 Å². The predicted octanol–water partition coefficient (Wildman–Crippen LogP) is 0.728. The molecule has 2 heterocycles. The number of amides is 2. The lowest BCUT2D eigenvalue weighted by atomic mass is 10.3. The third-order valence-electron chi connectivity index (χ3n) is 3.76. The number of rotatable bonds is 3. The highest BCUT2D eigenvalue weighted by Crippen LogP contribution is 2.13. The molecule has 7 nitrogen and oxygen atoms in total. The van der Waals surface area contributed by atoms with Crippen LogP contribution in [0.15, 0.2) is 24.4 Å². The van der Waals surface area contributed by atoms with Crippen molar-refractivity contribution in [3.63, 3.8) is 0 Å². The third-order valence-corrected chi connectivity index (χ3v) is 3.76. The van der Waals surface area contributed by atoms with Crippen LogP contribution in [0.5, 0.6) is 0 Å². The van der Waals surface area contributed by atoms with E-state index in [0.717, 1.165) is 5.82 Å². The van der Waals surface area contributed by atoms with Gasteiger partial charge in [0.05, 0.1) is 0 Å². The molecule has 1 aromatic heterocycles. The number of carbonyl (C=O) groups excluding carboxylic acids is 1. The summed E-state index contributed by atoms with van der Waals surface area (Å²) in [5.74, 6) is -0.102. The SMILES string of the molecule is CC(C(=O)O)N(C)C(=O)N1CCN(c2ccccn2)CC1. The van der Waals surface area contributed by atoms with Crippen molar-refractivity contribution in [3.05, 3.63) is 24.4 Å². The minimum absolute atomic E-state index is 0.245. The minimum atomic E-state index is -1.00. The van der Waals surface area contributed by atoms with E-state index in [1.54, 1.807) is 11.1 Å². The first-order valence-electron chi connectivity index (χ1n) is 6.91. The molecule has 7 heteroatoms. The van der Waals surface area contributed by atoms with Gasteiger partial charge in [-0.15, -0.1) is 0 Å². The van der Waals surface area contributed by atoms with E-state index in [1.165, 1.54) is 18.9 Å². The summed E-state index contributed by atoms with van der Waals surface area (Å²) in [7, 11) is 1.52. The van der Waals surface area contributed by atoms with Gasteiger partial charge in [0, 0.05) is 39.4 Å². The number of urea groups is 1. The van der Waals surface area contributed by atoms with Gasteiger partial charge in [0.1, 0.15) is 11.9 Å². The molecule has 1 aliphatic rings. The number of aromatic nitrogens is 1. The Morgan fingerprint density at radius 3 is 2.48 bits per heavy atom. The van der Waals surface area contributed by atoms with Crippen molar-refractivity contribution in [1.29, 1.82) is 0 Å². The van der Waals surface area contributed by atoms with Crippen LogP contribution < -0.4 is 4.90 Å². The number of likely N-dealkylation sites (N-methyl/N-ethyl adjacent to an activating group) is 1. The van der Waals surface area contributed by atoms with Gasteiger partial charge >= 0.3 is 12.0 Å². The van der Waals surface area contributed by atoms with Crippen molar-refractivity contribution in [2.24, 2.45) is 0 Å². The fourth-order valence-corrected chi connectivity index (χ4v) is 2.22. The van der Waals surface area contributed by atoms with Crippen LogP contribution in [-0.4, -0.2) is 71.2 Å². The van der Waals surface area contributed by atoms with Crippen LogP contribution in [0, 0.1) is 0 Å². The first-order chi connectivity index (χ1) is 10.0. The zero-order valence-corrected chi connectivity index (χ0v) is 12.3. The van der Waals surface area contributed by atoms with Crippen molar-refractivity contribution >= 4 is 17.8 Å². The average Bonchev–Trinajstić information content (AvgIpc) is 2.53. The molecule has 0 spiro atoms. The summed E-state index contributed by atoms with van der Waals surface area (Å²) < 4.78 is 0. The summed E-state index contributed by atoms with van der Waals surface area (Å²) in [5.41, 5.74) is 0. The zero-order valence-electron chi connectivity index (χ0n) is 12.3. The zero-order chi connectivity index (χ0) is 15.4. The maximum Gasteiger partial charge on any atom is 0.326 e. The Kier molecular flexibility index (Phi) is 4.62. The maximum absolute atomic E-state index is 12.2. The summed E-state index contributed by atoms with van der Waals surface area (Å²) in [6.07, 6.45) is 1.75. The van der Waals surface area contributed by atoms with E-state index in [2.05, 4.69) is 9.88 Å². The van der Waals surface area contributed by atoms with Crippen molar-refractivity contribution in [2.75, 3.05) is 38.1 Å². The van der Waals surface area contributed by atoms with E-state index in [9.17, 15) is 9.59 Å². The van der Waals surface area contributed by atoms with Gasteiger partial charge in [-0.3, -0.25) is 0 Å². The average molecular weight is 292 g/mol. The van der Waals surface area contributed by atoms with Crippen LogP contribution in [0.3, 0.4) is 0 Å². The molecule has 0 aromatic carbocycles. The highest BCUT2D eigenvalue weighted by molar-refractivity contribution is 5.82. The topological polar surface area (TPSA) is 77.0 Å². The van der Waals surface area contributed by atoms with Crippen LogP contribution in [-0.2, 0) is 4.79 Å². The fourth-order valence-electron chi connectivity index (χ4n) is 2.22. The van der Waals surface area contributed by atoms with Gasteiger partial charge in [0.25, 0.3) is 0 Å². The van der Waals surface area contributed by atoms with Crippen LogP contribution in [0.1, 0.15) is 6.92 Å². The highest BCUT2D eigenvalue weighted by atomic mass is 16.4. The van der Waals surface area contributed by atoms with E-state index < -0.39 is 12.0 Å². The third kappa shape index (κ3) is 3.42. The fraction of sp³-hybridized carbons (Fsp3) is 0.500. The highest BCUT2D eigenvalue weighted by Gasteiger charge is 2.28. The predicted molar refractivity (Wildman–Crippen MR) is 78.3 cm³/mol. The Hall–Kier alpha value is -2.31. The second kappa shape index (κ2) is 6.43. The first-order valence-corrected chi connectivity index (χ1v) is 6.91. The maximum atomic E-state index is 12.2. The molecule has 1 aliphatic heterocycles. The van der Waals surface area contributed by atoms with Crippen LogP contribution >= 0.6 is 0 Å². The van der Waals surface area contributed by atoms with Crippen LogP contribution in [0.4, 0.5) is 10.6 Å². The molecule has 21 heavy (non-hydrogen) atoms. The molecular weight excluding hydrogens is 272 g/mol. The second-order valence-corrected chi connectivity index (χ2v) is 5.07. The molecule has 1 unspecified atom stereocenters. The Balaban J connectivity index is 1.92. The summed E-state index contributed by atoms with van der Waals surface area (Å²) in [6.45, 7) is 4.01. The van der Waals surface area contributed by atoms with Crippen molar-refractivity contribution in [3.8, 4) is 0 Å². The Morgan fingerprint density at radius 1 is 1.29 bits per heavy atom. The van der Waals surface area contributed by atoms with E-state index in [-0.39, 0.29) is 6.03 Å². The quantitative estimate of drug-likeness (QED) is 0.888. The van der Waals surface area contributed by atoms with Gasteiger partial charge in [-0.05, 0) is 19.1 Å². The molecule has 0 aliphatic carbocycles. The smallest absolute Gasteiger partial charge is 0.326 e. The lowest BCUT2D eigenvalue weighted by molar-refractivity contribution is -0.141. The number of anilines is 1. The second-order valence-electron chi connectivity index (χ2n) is 5.07. The monoisotopic (exact) mass is 292 g/mol. The number of carbonyl (C=O) groups is 2. The number of nitrogens with zero attached hydrogens (tertiary/aromatic N) is 4. The van der Waals surface area contributed by atoms with Crippen molar-refractivity contribution in [2.45, 2.75) is 13.0 Å².